The zero-order valence-corrected chi connectivity index (χ0v) is 13.3. The molecule has 0 atom stereocenters. The lowest BCUT2D eigenvalue weighted by Gasteiger charge is -2.17. The number of aromatic hydroxyl groups is 1. The highest BCUT2D eigenvalue weighted by atomic mass is 19.1. The fraction of sp³-hybridized carbons (Fsp3) is 0.250. The van der Waals surface area contributed by atoms with Crippen molar-refractivity contribution < 1.29 is 9.50 Å². The van der Waals surface area contributed by atoms with Crippen LogP contribution in [0.3, 0.4) is 0 Å². The van der Waals surface area contributed by atoms with Gasteiger partial charge in [-0.3, -0.25) is 14.8 Å². The van der Waals surface area contributed by atoms with E-state index in [0.717, 1.165) is 16.2 Å². The standard InChI is InChI=1S/C16H15FN4O3/c1-7(2)11-12(8(3)4-5-18-11)21-13-9(14(22)20-16(21)24)6-10(17)15(23)19-13/h4-7H,1-3H3,(H,19,23)(H,20,22,24). The second-order valence-corrected chi connectivity index (χ2v) is 5.78. The predicted molar refractivity (Wildman–Crippen MR) is 86.2 cm³/mol. The van der Waals surface area contributed by atoms with Gasteiger partial charge in [0, 0.05) is 6.20 Å². The van der Waals surface area contributed by atoms with Crippen LogP contribution in [-0.2, 0) is 0 Å². The molecule has 0 unspecified atom stereocenters. The third kappa shape index (κ3) is 2.36. The van der Waals surface area contributed by atoms with Crippen molar-refractivity contribution in [1.29, 1.82) is 0 Å². The first-order valence-electron chi connectivity index (χ1n) is 7.31. The maximum absolute atomic E-state index is 13.6. The first-order valence-corrected chi connectivity index (χ1v) is 7.31. The Hall–Kier alpha value is -3.03. The summed E-state index contributed by atoms with van der Waals surface area (Å²) in [6, 6.07) is 2.57. The number of aromatic amines is 1. The number of pyridine rings is 2. The maximum atomic E-state index is 13.6. The molecule has 3 aromatic heterocycles. The summed E-state index contributed by atoms with van der Waals surface area (Å²) in [5.41, 5.74) is 0.179. The largest absolute Gasteiger partial charge is 0.491 e. The van der Waals surface area contributed by atoms with E-state index in [1.54, 1.807) is 19.2 Å². The molecule has 24 heavy (non-hydrogen) atoms. The van der Waals surface area contributed by atoms with Crippen LogP contribution in [0.1, 0.15) is 31.0 Å². The van der Waals surface area contributed by atoms with Crippen LogP contribution in [0.2, 0.25) is 0 Å². The van der Waals surface area contributed by atoms with Gasteiger partial charge in [0.25, 0.3) is 5.56 Å². The average Bonchev–Trinajstić information content (AvgIpc) is 2.50. The number of aryl methyl sites for hydroxylation is 1. The van der Waals surface area contributed by atoms with Crippen LogP contribution in [0, 0.1) is 12.7 Å². The molecule has 0 radical (unpaired) electrons. The van der Waals surface area contributed by atoms with Crippen molar-refractivity contribution in [3.05, 3.63) is 56.2 Å². The highest BCUT2D eigenvalue weighted by Crippen LogP contribution is 2.25. The first-order chi connectivity index (χ1) is 11.3. The second-order valence-electron chi connectivity index (χ2n) is 5.78. The topological polar surface area (TPSA) is 101 Å². The van der Waals surface area contributed by atoms with Crippen LogP contribution in [0.15, 0.2) is 27.9 Å². The lowest BCUT2D eigenvalue weighted by molar-refractivity contribution is 0.413. The summed E-state index contributed by atoms with van der Waals surface area (Å²) in [6.07, 6.45) is 1.62. The number of fused-ring (bicyclic) bond motifs is 1. The van der Waals surface area contributed by atoms with Crippen molar-refractivity contribution in [3.63, 3.8) is 0 Å². The van der Waals surface area contributed by atoms with Gasteiger partial charge in [-0.15, -0.1) is 0 Å². The van der Waals surface area contributed by atoms with Crippen molar-refractivity contribution >= 4 is 11.0 Å². The Kier molecular flexibility index (Phi) is 3.67. The average molecular weight is 330 g/mol. The Labute approximate surface area is 135 Å². The molecule has 0 fully saturated rings. The minimum atomic E-state index is -1.04. The molecule has 3 heterocycles. The zero-order chi connectivity index (χ0) is 17.6. The Morgan fingerprint density at radius 3 is 2.71 bits per heavy atom. The van der Waals surface area contributed by atoms with Crippen LogP contribution in [-0.4, -0.2) is 24.6 Å². The van der Waals surface area contributed by atoms with Crippen LogP contribution in [0.5, 0.6) is 5.88 Å². The van der Waals surface area contributed by atoms with E-state index in [1.807, 2.05) is 13.8 Å². The quantitative estimate of drug-likeness (QED) is 0.745. The molecule has 3 rings (SSSR count). The van der Waals surface area contributed by atoms with Gasteiger partial charge in [-0.25, -0.2) is 13.8 Å². The van der Waals surface area contributed by atoms with E-state index in [4.69, 9.17) is 0 Å². The number of hydrogen-bond donors (Lipinski definition) is 2. The van der Waals surface area contributed by atoms with Gasteiger partial charge in [0.2, 0.25) is 5.88 Å². The minimum absolute atomic E-state index is 0.0113. The highest BCUT2D eigenvalue weighted by Gasteiger charge is 2.20. The number of hydrogen-bond acceptors (Lipinski definition) is 5. The number of halogens is 1. The smallest absolute Gasteiger partial charge is 0.334 e. The number of rotatable bonds is 2. The molecule has 2 N–H and O–H groups in total. The molecule has 0 saturated heterocycles. The molecule has 8 heteroatoms. The Morgan fingerprint density at radius 1 is 1.33 bits per heavy atom. The van der Waals surface area contributed by atoms with Crippen molar-refractivity contribution in [3.8, 4) is 11.6 Å². The molecular formula is C16H15FN4O3. The fourth-order valence-corrected chi connectivity index (χ4v) is 2.62. The van der Waals surface area contributed by atoms with Gasteiger partial charge in [-0.05, 0) is 30.5 Å². The Bertz CT molecular complexity index is 1070. The molecule has 124 valence electrons. The van der Waals surface area contributed by atoms with Gasteiger partial charge in [0.05, 0.1) is 16.8 Å². The lowest BCUT2D eigenvalue weighted by Crippen LogP contribution is -2.31. The third-order valence-corrected chi connectivity index (χ3v) is 3.74. The van der Waals surface area contributed by atoms with Gasteiger partial charge in [-0.1, -0.05) is 13.8 Å². The van der Waals surface area contributed by atoms with E-state index >= 15 is 0 Å². The summed E-state index contributed by atoms with van der Waals surface area (Å²) in [7, 11) is 0. The van der Waals surface area contributed by atoms with E-state index in [1.165, 1.54) is 0 Å². The van der Waals surface area contributed by atoms with E-state index < -0.39 is 22.9 Å². The summed E-state index contributed by atoms with van der Waals surface area (Å²) >= 11 is 0. The Morgan fingerprint density at radius 2 is 2.04 bits per heavy atom. The summed E-state index contributed by atoms with van der Waals surface area (Å²) in [4.78, 5) is 34.6. The summed E-state index contributed by atoms with van der Waals surface area (Å²) in [6.45, 7) is 5.61. The van der Waals surface area contributed by atoms with Crippen molar-refractivity contribution in [2.75, 3.05) is 0 Å². The van der Waals surface area contributed by atoms with Crippen LogP contribution in [0.25, 0.3) is 16.7 Å². The maximum Gasteiger partial charge on any atom is 0.334 e. The van der Waals surface area contributed by atoms with Gasteiger partial charge < -0.3 is 5.11 Å². The summed E-state index contributed by atoms with van der Waals surface area (Å²) < 4.78 is 14.7. The SMILES string of the molecule is Cc1ccnc(C(C)C)c1-n1c(=O)[nH]c(=O)c2cc(F)c(O)nc21. The number of nitrogens with zero attached hydrogens (tertiary/aromatic N) is 3. The van der Waals surface area contributed by atoms with E-state index in [0.29, 0.717) is 11.4 Å². The van der Waals surface area contributed by atoms with Crippen molar-refractivity contribution in [2.24, 2.45) is 0 Å². The lowest BCUT2D eigenvalue weighted by atomic mass is 10.0. The number of H-pyrrole nitrogens is 1. The number of aromatic nitrogens is 4. The second kappa shape index (κ2) is 5.55. The molecule has 7 nitrogen and oxygen atoms in total. The first kappa shape index (κ1) is 15.9. The van der Waals surface area contributed by atoms with Crippen molar-refractivity contribution in [2.45, 2.75) is 26.7 Å². The molecule has 0 bridgehead atoms. The van der Waals surface area contributed by atoms with E-state index in [9.17, 15) is 19.1 Å². The van der Waals surface area contributed by atoms with Crippen LogP contribution < -0.4 is 11.2 Å². The van der Waals surface area contributed by atoms with Crippen LogP contribution >= 0.6 is 0 Å². The van der Waals surface area contributed by atoms with Gasteiger partial charge >= 0.3 is 5.69 Å². The monoisotopic (exact) mass is 330 g/mol. The van der Waals surface area contributed by atoms with Gasteiger partial charge in [0.15, 0.2) is 11.5 Å². The fourth-order valence-electron chi connectivity index (χ4n) is 2.62. The molecule has 0 aromatic carbocycles. The molecule has 0 aliphatic heterocycles. The molecule has 0 aliphatic rings. The molecule has 0 aliphatic carbocycles. The minimum Gasteiger partial charge on any atom is -0.491 e. The molecule has 0 saturated carbocycles. The molecule has 0 spiro atoms. The normalized spacial score (nSPS) is 11.4. The van der Waals surface area contributed by atoms with E-state index in [2.05, 4.69) is 15.0 Å². The Balaban J connectivity index is 2.56. The van der Waals surface area contributed by atoms with Crippen molar-refractivity contribution in [1.82, 2.24) is 19.5 Å². The number of nitrogens with one attached hydrogen (secondary N) is 1. The highest BCUT2D eigenvalue weighted by molar-refractivity contribution is 5.77. The summed E-state index contributed by atoms with van der Waals surface area (Å²) in [5.74, 6) is -1.93. The molecule has 3 aromatic rings. The molecule has 0 amide bonds. The predicted octanol–water partition coefficient (Wildman–Crippen LogP) is 1.75. The van der Waals surface area contributed by atoms with E-state index in [-0.39, 0.29) is 17.0 Å². The van der Waals surface area contributed by atoms with Crippen LogP contribution in [0.4, 0.5) is 4.39 Å². The molecular weight excluding hydrogens is 315 g/mol. The summed E-state index contributed by atoms with van der Waals surface area (Å²) in [5, 5.41) is 9.45. The third-order valence-electron chi connectivity index (χ3n) is 3.74. The van der Waals surface area contributed by atoms with Gasteiger partial charge in [-0.2, -0.15) is 4.98 Å². The van der Waals surface area contributed by atoms with Gasteiger partial charge in [0.1, 0.15) is 0 Å². The zero-order valence-electron chi connectivity index (χ0n) is 13.3.